The summed E-state index contributed by atoms with van der Waals surface area (Å²) in [6, 6.07) is 11.3. The first-order valence-corrected chi connectivity index (χ1v) is 11.7. The van der Waals surface area contributed by atoms with Gasteiger partial charge in [0.15, 0.2) is 5.69 Å². The van der Waals surface area contributed by atoms with Gasteiger partial charge in [0.05, 0.1) is 16.6 Å². The highest BCUT2D eigenvalue weighted by atomic mass is 19.4. The van der Waals surface area contributed by atoms with Crippen molar-refractivity contribution < 1.29 is 26.7 Å². The number of aromatic nitrogens is 2. The van der Waals surface area contributed by atoms with Gasteiger partial charge in [-0.15, -0.1) is 0 Å². The molecule has 5 nitrogen and oxygen atoms in total. The lowest BCUT2D eigenvalue weighted by molar-refractivity contribution is -0.141. The minimum Gasteiger partial charge on any atom is -0.345 e. The Balaban J connectivity index is 1.43. The minimum atomic E-state index is -4.91. The molecule has 2 N–H and O–H groups in total. The summed E-state index contributed by atoms with van der Waals surface area (Å²) < 4.78 is 68.7. The lowest BCUT2D eigenvalue weighted by atomic mass is 9.71. The summed E-state index contributed by atoms with van der Waals surface area (Å²) in [5, 5.41) is 5.71. The number of nitrogens with one attached hydrogen (secondary N) is 2. The zero-order valence-corrected chi connectivity index (χ0v) is 19.1. The summed E-state index contributed by atoms with van der Waals surface area (Å²) in [4.78, 5) is 20.8. The number of benzene rings is 2. The van der Waals surface area contributed by atoms with Gasteiger partial charge in [0.2, 0.25) is 5.95 Å². The molecular weight excluding hydrogens is 479 g/mol. The molecule has 10 heteroatoms. The van der Waals surface area contributed by atoms with Gasteiger partial charge < -0.3 is 10.6 Å². The fraction of sp³-hybridized carbons (Fsp3) is 0.346. The second-order valence-electron chi connectivity index (χ2n) is 9.42. The van der Waals surface area contributed by atoms with E-state index in [1.54, 1.807) is 12.1 Å². The van der Waals surface area contributed by atoms with Crippen molar-refractivity contribution >= 4 is 11.9 Å². The molecule has 0 spiro atoms. The van der Waals surface area contributed by atoms with Crippen molar-refractivity contribution in [3.8, 4) is 0 Å². The smallest absolute Gasteiger partial charge is 0.345 e. The van der Waals surface area contributed by atoms with Crippen LogP contribution >= 0.6 is 0 Å². The van der Waals surface area contributed by atoms with Gasteiger partial charge in [-0.2, -0.15) is 13.2 Å². The first-order chi connectivity index (χ1) is 17.1. The van der Waals surface area contributed by atoms with E-state index in [0.29, 0.717) is 31.2 Å². The third kappa shape index (κ3) is 4.40. The number of carbonyl (C=O) groups is 1. The minimum absolute atomic E-state index is 0.264. The van der Waals surface area contributed by atoms with Crippen LogP contribution in [0.2, 0.25) is 0 Å². The Morgan fingerprint density at radius 2 is 1.31 bits per heavy atom. The average Bonchev–Trinajstić information content (AvgIpc) is 2.79. The van der Waals surface area contributed by atoms with Gasteiger partial charge >= 0.3 is 6.18 Å². The molecule has 0 atom stereocenters. The highest BCUT2D eigenvalue weighted by Gasteiger charge is 2.44. The molecule has 0 bridgehead atoms. The van der Waals surface area contributed by atoms with Gasteiger partial charge in [0.25, 0.3) is 5.91 Å². The Bertz CT molecular complexity index is 1270. The second kappa shape index (κ2) is 8.83. The predicted octanol–water partition coefficient (Wildman–Crippen LogP) is 6.07. The summed E-state index contributed by atoms with van der Waals surface area (Å²) in [7, 11) is 0. The molecule has 5 rings (SSSR count). The first kappa shape index (κ1) is 24.1. The van der Waals surface area contributed by atoms with Crippen LogP contribution in [0.1, 0.15) is 65.7 Å². The Labute approximate surface area is 204 Å². The second-order valence-corrected chi connectivity index (χ2v) is 9.42. The summed E-state index contributed by atoms with van der Waals surface area (Å²) in [5.41, 5.74) is -2.27. The number of anilines is 1. The standard InChI is InChI=1S/C26H23F5N4O/c27-18-7-3-16(4-8-18)24(11-1-12-24)34-22(36)20-15-32-23(33-21(20)26(29,30)31)35-25(13-2-14-25)17-5-9-19(28)10-6-17/h3-10,15H,1-2,11-14H2,(H,34,36)(H,32,33,35). The Hall–Kier alpha value is -3.56. The Morgan fingerprint density at radius 1 is 0.806 bits per heavy atom. The highest BCUT2D eigenvalue weighted by Crippen LogP contribution is 2.44. The lowest BCUT2D eigenvalue weighted by Crippen LogP contribution is -2.51. The number of hydrogen-bond donors (Lipinski definition) is 2. The van der Waals surface area contributed by atoms with Crippen LogP contribution in [0.15, 0.2) is 54.7 Å². The number of hydrogen-bond acceptors (Lipinski definition) is 4. The van der Waals surface area contributed by atoms with E-state index in [1.165, 1.54) is 36.4 Å². The molecule has 2 saturated carbocycles. The molecule has 0 unspecified atom stereocenters. The van der Waals surface area contributed by atoms with Crippen LogP contribution < -0.4 is 10.6 Å². The zero-order chi connectivity index (χ0) is 25.6. The molecule has 0 saturated heterocycles. The number of alkyl halides is 3. The molecule has 1 aromatic heterocycles. The molecule has 0 radical (unpaired) electrons. The third-order valence-electron chi connectivity index (χ3n) is 7.21. The fourth-order valence-corrected chi connectivity index (χ4v) is 4.89. The number of nitrogens with zero attached hydrogens (tertiary/aromatic N) is 2. The molecule has 36 heavy (non-hydrogen) atoms. The normalized spacial score (nSPS) is 18.0. The number of carbonyl (C=O) groups excluding carboxylic acids is 1. The quantitative estimate of drug-likeness (QED) is 0.402. The molecule has 3 aromatic rings. The Kier molecular flexibility index (Phi) is 5.92. The van der Waals surface area contributed by atoms with Gasteiger partial charge in [-0.3, -0.25) is 4.79 Å². The predicted molar refractivity (Wildman–Crippen MR) is 122 cm³/mol. The molecule has 1 amide bonds. The largest absolute Gasteiger partial charge is 0.434 e. The van der Waals surface area contributed by atoms with Gasteiger partial charge in [0, 0.05) is 6.20 Å². The SMILES string of the molecule is O=C(NC1(c2ccc(F)cc2)CCC1)c1cnc(NC2(c3ccc(F)cc3)CCC2)nc1C(F)(F)F. The van der Waals surface area contributed by atoms with Gasteiger partial charge in [-0.1, -0.05) is 24.3 Å². The van der Waals surface area contributed by atoms with Crippen molar-refractivity contribution in [3.63, 3.8) is 0 Å². The average molecular weight is 502 g/mol. The lowest BCUT2D eigenvalue weighted by Gasteiger charge is -2.43. The van der Waals surface area contributed by atoms with Crippen LogP contribution in [0, 0.1) is 11.6 Å². The van der Waals surface area contributed by atoms with Crippen molar-refractivity contribution in [1.82, 2.24) is 15.3 Å². The van der Waals surface area contributed by atoms with Crippen LogP contribution in [0.25, 0.3) is 0 Å². The van der Waals surface area contributed by atoms with Gasteiger partial charge in [0.1, 0.15) is 11.6 Å². The summed E-state index contributed by atoms with van der Waals surface area (Å²) >= 11 is 0. The Morgan fingerprint density at radius 3 is 1.75 bits per heavy atom. The maximum absolute atomic E-state index is 14.0. The van der Waals surface area contributed by atoms with E-state index in [9.17, 15) is 26.7 Å². The van der Waals surface area contributed by atoms with E-state index in [-0.39, 0.29) is 5.95 Å². The monoisotopic (exact) mass is 502 g/mol. The number of halogens is 5. The van der Waals surface area contributed by atoms with Crippen molar-refractivity contribution in [2.24, 2.45) is 0 Å². The van der Waals surface area contributed by atoms with E-state index < -0.39 is 46.1 Å². The zero-order valence-electron chi connectivity index (χ0n) is 19.1. The van der Waals surface area contributed by atoms with Crippen LogP contribution in [0.4, 0.5) is 27.9 Å². The third-order valence-corrected chi connectivity index (χ3v) is 7.21. The van der Waals surface area contributed by atoms with Gasteiger partial charge in [-0.25, -0.2) is 18.7 Å². The van der Waals surface area contributed by atoms with Crippen molar-refractivity contribution in [3.05, 3.63) is 88.7 Å². The molecular formula is C26H23F5N4O. The van der Waals surface area contributed by atoms with Crippen LogP contribution in [0.3, 0.4) is 0 Å². The van der Waals surface area contributed by atoms with E-state index in [4.69, 9.17) is 0 Å². The molecule has 188 valence electrons. The highest BCUT2D eigenvalue weighted by molar-refractivity contribution is 5.96. The number of rotatable bonds is 6. The summed E-state index contributed by atoms with van der Waals surface area (Å²) in [6.07, 6.45) is -0.147. The van der Waals surface area contributed by atoms with E-state index in [1.807, 2.05) is 0 Å². The fourth-order valence-electron chi connectivity index (χ4n) is 4.89. The first-order valence-electron chi connectivity index (χ1n) is 11.7. The van der Waals surface area contributed by atoms with E-state index >= 15 is 0 Å². The summed E-state index contributed by atoms with van der Waals surface area (Å²) in [5.74, 6) is -2.07. The van der Waals surface area contributed by atoms with Crippen molar-refractivity contribution in [2.45, 2.75) is 55.8 Å². The maximum Gasteiger partial charge on any atom is 0.434 e. The van der Waals surface area contributed by atoms with E-state index in [0.717, 1.165) is 24.6 Å². The molecule has 2 aliphatic carbocycles. The van der Waals surface area contributed by atoms with Gasteiger partial charge in [-0.05, 0) is 73.9 Å². The van der Waals surface area contributed by atoms with Crippen LogP contribution in [-0.4, -0.2) is 15.9 Å². The molecule has 1 heterocycles. The van der Waals surface area contributed by atoms with Crippen molar-refractivity contribution in [1.29, 1.82) is 0 Å². The molecule has 2 fully saturated rings. The van der Waals surface area contributed by atoms with Crippen LogP contribution in [-0.2, 0) is 17.3 Å². The molecule has 0 aliphatic heterocycles. The number of amides is 1. The van der Waals surface area contributed by atoms with Crippen LogP contribution in [0.5, 0.6) is 0 Å². The maximum atomic E-state index is 14.0. The topological polar surface area (TPSA) is 66.9 Å². The van der Waals surface area contributed by atoms with Crippen molar-refractivity contribution in [2.75, 3.05) is 5.32 Å². The van der Waals surface area contributed by atoms with E-state index in [2.05, 4.69) is 20.6 Å². The summed E-state index contributed by atoms with van der Waals surface area (Å²) in [6.45, 7) is 0. The molecule has 2 aliphatic rings. The molecule has 2 aromatic carbocycles.